The first kappa shape index (κ1) is 13.8. The first-order valence-corrected chi connectivity index (χ1v) is 6.11. The lowest BCUT2D eigenvalue weighted by atomic mass is 10.1. The molecule has 1 N–H and O–H groups in total. The fourth-order valence-corrected chi connectivity index (χ4v) is 1.97. The zero-order valence-corrected chi connectivity index (χ0v) is 11.1. The molecule has 3 nitrogen and oxygen atoms in total. The standard InChI is InChI=1S/C14H13ClFNO2/c1-19-14-4-2-3-12(17-14)13(18)7-9-5-6-10(16)8-11(9)15/h2-6,8,13,18H,7H2,1H3. The average Bonchev–Trinajstić information content (AvgIpc) is 2.42. The molecule has 2 aromatic rings. The molecule has 19 heavy (non-hydrogen) atoms. The predicted octanol–water partition coefficient (Wildman–Crippen LogP) is 3.16. The van der Waals surface area contributed by atoms with E-state index in [-0.39, 0.29) is 6.42 Å². The van der Waals surface area contributed by atoms with Crippen molar-refractivity contribution in [3.63, 3.8) is 0 Å². The van der Waals surface area contributed by atoms with Crippen molar-refractivity contribution in [3.05, 3.63) is 58.5 Å². The number of aliphatic hydroxyl groups excluding tert-OH is 1. The summed E-state index contributed by atoms with van der Waals surface area (Å²) in [6.45, 7) is 0. The Morgan fingerprint density at radius 2 is 2.16 bits per heavy atom. The van der Waals surface area contributed by atoms with Crippen LogP contribution >= 0.6 is 11.6 Å². The van der Waals surface area contributed by atoms with Crippen molar-refractivity contribution in [3.8, 4) is 5.88 Å². The molecule has 0 saturated carbocycles. The summed E-state index contributed by atoms with van der Waals surface area (Å²) in [4.78, 5) is 4.15. The Morgan fingerprint density at radius 1 is 1.37 bits per heavy atom. The van der Waals surface area contributed by atoms with E-state index in [0.29, 0.717) is 22.2 Å². The Balaban J connectivity index is 2.17. The van der Waals surface area contributed by atoms with Gasteiger partial charge in [0.15, 0.2) is 0 Å². The fourth-order valence-electron chi connectivity index (χ4n) is 1.73. The van der Waals surface area contributed by atoms with E-state index in [1.165, 1.54) is 19.2 Å². The minimum Gasteiger partial charge on any atom is -0.481 e. The largest absolute Gasteiger partial charge is 0.481 e. The van der Waals surface area contributed by atoms with E-state index in [1.54, 1.807) is 24.3 Å². The Hall–Kier alpha value is -1.65. The van der Waals surface area contributed by atoms with Gasteiger partial charge >= 0.3 is 0 Å². The van der Waals surface area contributed by atoms with E-state index in [9.17, 15) is 9.50 Å². The summed E-state index contributed by atoms with van der Waals surface area (Å²) in [5, 5.41) is 10.4. The highest BCUT2D eigenvalue weighted by atomic mass is 35.5. The Labute approximate surface area is 115 Å². The third-order valence-electron chi connectivity index (χ3n) is 2.72. The lowest BCUT2D eigenvalue weighted by molar-refractivity contribution is 0.172. The van der Waals surface area contributed by atoms with Crippen LogP contribution in [0.5, 0.6) is 5.88 Å². The lowest BCUT2D eigenvalue weighted by Crippen LogP contribution is -2.05. The van der Waals surface area contributed by atoms with Crippen LogP contribution < -0.4 is 4.74 Å². The van der Waals surface area contributed by atoms with Crippen molar-refractivity contribution in [1.82, 2.24) is 4.98 Å². The summed E-state index contributed by atoms with van der Waals surface area (Å²) in [7, 11) is 1.51. The molecule has 2 rings (SSSR count). The van der Waals surface area contributed by atoms with Crippen LogP contribution in [0.25, 0.3) is 0 Å². The molecule has 1 aromatic carbocycles. The second-order valence-corrected chi connectivity index (χ2v) is 4.47. The van der Waals surface area contributed by atoms with Crippen LogP contribution in [-0.2, 0) is 6.42 Å². The van der Waals surface area contributed by atoms with Crippen LogP contribution in [0.3, 0.4) is 0 Å². The van der Waals surface area contributed by atoms with Gasteiger partial charge in [-0.3, -0.25) is 0 Å². The van der Waals surface area contributed by atoms with Gasteiger partial charge in [-0.2, -0.15) is 0 Å². The number of benzene rings is 1. The first-order valence-electron chi connectivity index (χ1n) is 5.73. The SMILES string of the molecule is COc1cccc(C(O)Cc2ccc(F)cc2Cl)n1. The minimum absolute atomic E-state index is 0.263. The zero-order valence-electron chi connectivity index (χ0n) is 10.3. The van der Waals surface area contributed by atoms with Gasteiger partial charge in [-0.1, -0.05) is 23.7 Å². The molecule has 0 saturated heterocycles. The number of pyridine rings is 1. The van der Waals surface area contributed by atoms with Crippen molar-refractivity contribution in [1.29, 1.82) is 0 Å². The Morgan fingerprint density at radius 3 is 2.84 bits per heavy atom. The summed E-state index contributed by atoms with van der Waals surface area (Å²) < 4.78 is 17.9. The molecule has 0 aliphatic carbocycles. The van der Waals surface area contributed by atoms with Crippen LogP contribution in [0.15, 0.2) is 36.4 Å². The van der Waals surface area contributed by atoms with E-state index in [2.05, 4.69) is 4.98 Å². The van der Waals surface area contributed by atoms with Gasteiger partial charge in [-0.25, -0.2) is 9.37 Å². The molecule has 1 unspecified atom stereocenters. The van der Waals surface area contributed by atoms with Crippen molar-refractivity contribution in [2.24, 2.45) is 0 Å². The fraction of sp³-hybridized carbons (Fsp3) is 0.214. The molecule has 1 heterocycles. The van der Waals surface area contributed by atoms with Crippen LogP contribution in [0.2, 0.25) is 5.02 Å². The molecular weight excluding hydrogens is 269 g/mol. The predicted molar refractivity (Wildman–Crippen MR) is 70.9 cm³/mol. The molecule has 1 aromatic heterocycles. The van der Waals surface area contributed by atoms with Crippen molar-refractivity contribution >= 4 is 11.6 Å². The highest BCUT2D eigenvalue weighted by molar-refractivity contribution is 6.31. The monoisotopic (exact) mass is 281 g/mol. The third-order valence-corrected chi connectivity index (χ3v) is 3.08. The maximum absolute atomic E-state index is 12.9. The summed E-state index contributed by atoms with van der Waals surface area (Å²) in [5.74, 6) is 0.0319. The average molecular weight is 282 g/mol. The molecule has 100 valence electrons. The third kappa shape index (κ3) is 3.43. The van der Waals surface area contributed by atoms with E-state index >= 15 is 0 Å². The van der Waals surface area contributed by atoms with Gasteiger partial charge < -0.3 is 9.84 Å². The number of hydrogen-bond donors (Lipinski definition) is 1. The van der Waals surface area contributed by atoms with Gasteiger partial charge in [0, 0.05) is 17.5 Å². The van der Waals surface area contributed by atoms with Gasteiger partial charge in [0.05, 0.1) is 12.8 Å². The molecule has 0 fully saturated rings. The molecule has 0 bridgehead atoms. The number of methoxy groups -OCH3 is 1. The van der Waals surface area contributed by atoms with Gasteiger partial charge in [0.2, 0.25) is 5.88 Å². The van der Waals surface area contributed by atoms with Crippen LogP contribution in [-0.4, -0.2) is 17.2 Å². The minimum atomic E-state index is -0.821. The van der Waals surface area contributed by atoms with Crippen molar-refractivity contribution in [2.45, 2.75) is 12.5 Å². The van der Waals surface area contributed by atoms with E-state index in [0.717, 1.165) is 0 Å². The number of halogens is 2. The quantitative estimate of drug-likeness (QED) is 0.936. The molecule has 0 aliphatic heterocycles. The van der Waals surface area contributed by atoms with E-state index in [4.69, 9.17) is 16.3 Å². The molecule has 0 aliphatic rings. The lowest BCUT2D eigenvalue weighted by Gasteiger charge is -2.12. The summed E-state index contributed by atoms with van der Waals surface area (Å²) in [6, 6.07) is 9.24. The van der Waals surface area contributed by atoms with Crippen molar-refractivity contribution in [2.75, 3.05) is 7.11 Å². The number of rotatable bonds is 4. The first-order chi connectivity index (χ1) is 9.10. The maximum atomic E-state index is 12.9. The Kier molecular flexibility index (Phi) is 4.35. The molecule has 0 spiro atoms. The molecule has 0 amide bonds. The number of ether oxygens (including phenoxy) is 1. The summed E-state index contributed by atoms with van der Waals surface area (Å²) in [6.07, 6.45) is -0.558. The number of nitrogens with zero attached hydrogens (tertiary/aromatic N) is 1. The van der Waals surface area contributed by atoms with Crippen LogP contribution in [0.4, 0.5) is 4.39 Å². The zero-order chi connectivity index (χ0) is 13.8. The second-order valence-electron chi connectivity index (χ2n) is 4.06. The highest BCUT2D eigenvalue weighted by Crippen LogP contribution is 2.24. The van der Waals surface area contributed by atoms with Gasteiger partial charge in [0.1, 0.15) is 11.9 Å². The molecule has 0 radical (unpaired) electrons. The van der Waals surface area contributed by atoms with Gasteiger partial charge in [-0.15, -0.1) is 0 Å². The number of aromatic nitrogens is 1. The maximum Gasteiger partial charge on any atom is 0.213 e. The molecule has 1 atom stereocenters. The van der Waals surface area contributed by atoms with E-state index < -0.39 is 11.9 Å². The summed E-state index contributed by atoms with van der Waals surface area (Å²) >= 11 is 5.92. The van der Waals surface area contributed by atoms with Crippen LogP contribution in [0.1, 0.15) is 17.4 Å². The van der Waals surface area contributed by atoms with Gasteiger partial charge in [-0.05, 0) is 23.8 Å². The van der Waals surface area contributed by atoms with Crippen molar-refractivity contribution < 1.29 is 14.2 Å². The second kappa shape index (κ2) is 5.99. The number of aliphatic hydroxyl groups is 1. The Bertz CT molecular complexity index is 577. The molecule has 5 heteroatoms. The highest BCUT2D eigenvalue weighted by Gasteiger charge is 2.13. The number of hydrogen-bond acceptors (Lipinski definition) is 3. The van der Waals surface area contributed by atoms with Crippen LogP contribution in [0, 0.1) is 5.82 Å². The topological polar surface area (TPSA) is 42.4 Å². The van der Waals surface area contributed by atoms with E-state index in [1.807, 2.05) is 0 Å². The molecular formula is C14H13ClFNO2. The smallest absolute Gasteiger partial charge is 0.213 e. The van der Waals surface area contributed by atoms with Gasteiger partial charge in [0.25, 0.3) is 0 Å². The summed E-state index contributed by atoms with van der Waals surface area (Å²) in [5.41, 5.74) is 1.15. The normalized spacial score (nSPS) is 12.2.